The zero-order valence-corrected chi connectivity index (χ0v) is 19.7. The third kappa shape index (κ3) is 6.21. The van der Waals surface area contributed by atoms with E-state index in [-0.39, 0.29) is 24.2 Å². The fraction of sp³-hybridized carbons (Fsp3) is 0.241. The summed E-state index contributed by atoms with van der Waals surface area (Å²) in [7, 11) is 1.66. The van der Waals surface area contributed by atoms with Crippen LogP contribution < -0.4 is 4.74 Å². The largest absolute Gasteiger partial charge is 0.429 e. The lowest BCUT2D eigenvalue weighted by Gasteiger charge is -2.11. The molecular weight excluding hydrogens is 475 g/mol. The van der Waals surface area contributed by atoms with Gasteiger partial charge in [0.2, 0.25) is 0 Å². The van der Waals surface area contributed by atoms with Gasteiger partial charge in [-0.2, -0.15) is 8.78 Å². The van der Waals surface area contributed by atoms with Gasteiger partial charge in [0.05, 0.1) is 6.61 Å². The van der Waals surface area contributed by atoms with E-state index in [1.165, 1.54) is 5.56 Å². The van der Waals surface area contributed by atoms with Crippen LogP contribution in [0.5, 0.6) is 5.75 Å². The maximum Gasteiger partial charge on any atom is 0.387 e. The van der Waals surface area contributed by atoms with Crippen molar-refractivity contribution >= 4 is 10.8 Å². The minimum absolute atomic E-state index is 0.131. The summed E-state index contributed by atoms with van der Waals surface area (Å²) in [5.41, 5.74) is 4.04. The van der Waals surface area contributed by atoms with Crippen molar-refractivity contribution in [1.82, 2.24) is 0 Å². The average molecular weight is 501 g/mol. The number of benzene rings is 4. The van der Waals surface area contributed by atoms with Crippen molar-refractivity contribution in [2.45, 2.75) is 38.9 Å². The molecule has 4 rings (SSSR count). The molecule has 0 aromatic heterocycles. The van der Waals surface area contributed by atoms with Crippen molar-refractivity contribution in [3.8, 4) is 5.75 Å². The lowest BCUT2D eigenvalue weighted by atomic mass is 9.97. The van der Waals surface area contributed by atoms with Crippen molar-refractivity contribution in [2.24, 2.45) is 0 Å². The number of halogens is 5. The van der Waals surface area contributed by atoms with E-state index >= 15 is 4.39 Å². The van der Waals surface area contributed by atoms with Crippen LogP contribution in [-0.2, 0) is 37.0 Å². The van der Waals surface area contributed by atoms with E-state index in [0.29, 0.717) is 17.6 Å². The first-order valence-electron chi connectivity index (χ1n) is 11.5. The molecule has 36 heavy (non-hydrogen) atoms. The summed E-state index contributed by atoms with van der Waals surface area (Å²) in [6.45, 7) is -2.76. The van der Waals surface area contributed by atoms with Gasteiger partial charge in [-0.15, -0.1) is 0 Å². The van der Waals surface area contributed by atoms with Crippen LogP contribution in [0.15, 0.2) is 66.7 Å². The highest BCUT2D eigenvalue weighted by molar-refractivity contribution is 5.84. The Morgan fingerprint density at radius 2 is 1.28 bits per heavy atom. The molecule has 0 aliphatic rings. The number of hydrogen-bond donors (Lipinski definition) is 0. The molecule has 0 saturated carbocycles. The molecule has 0 unspecified atom stereocenters. The van der Waals surface area contributed by atoms with E-state index < -0.39 is 24.0 Å². The van der Waals surface area contributed by atoms with E-state index in [1.54, 1.807) is 19.2 Å². The fourth-order valence-corrected chi connectivity index (χ4v) is 4.23. The van der Waals surface area contributed by atoms with Crippen molar-refractivity contribution < 1.29 is 31.4 Å². The van der Waals surface area contributed by atoms with Crippen molar-refractivity contribution in [3.63, 3.8) is 0 Å². The van der Waals surface area contributed by atoms with Gasteiger partial charge < -0.3 is 9.47 Å². The van der Waals surface area contributed by atoms with Gasteiger partial charge in [-0.3, -0.25) is 0 Å². The number of ether oxygens (including phenoxy) is 2. The van der Waals surface area contributed by atoms with E-state index in [4.69, 9.17) is 4.74 Å². The zero-order chi connectivity index (χ0) is 25.7. The van der Waals surface area contributed by atoms with Crippen LogP contribution in [0.3, 0.4) is 0 Å². The number of rotatable bonds is 10. The first-order chi connectivity index (χ1) is 17.3. The molecule has 0 saturated heterocycles. The van der Waals surface area contributed by atoms with Crippen LogP contribution in [0.1, 0.15) is 27.8 Å². The van der Waals surface area contributed by atoms with Crippen LogP contribution >= 0.6 is 0 Å². The minimum Gasteiger partial charge on any atom is -0.429 e. The van der Waals surface area contributed by atoms with E-state index in [2.05, 4.69) is 16.9 Å². The highest BCUT2D eigenvalue weighted by Gasteiger charge is 2.17. The molecule has 0 amide bonds. The molecule has 0 N–H and O–H groups in total. The Kier molecular flexibility index (Phi) is 8.21. The number of hydrogen-bond acceptors (Lipinski definition) is 2. The van der Waals surface area contributed by atoms with Gasteiger partial charge in [-0.1, -0.05) is 54.6 Å². The Balaban J connectivity index is 1.43. The van der Waals surface area contributed by atoms with Gasteiger partial charge in [0, 0.05) is 12.5 Å². The molecule has 0 atom stereocenters. The summed E-state index contributed by atoms with van der Waals surface area (Å²) in [4.78, 5) is 0. The van der Waals surface area contributed by atoms with Gasteiger partial charge in [0.25, 0.3) is 0 Å². The molecule has 0 radical (unpaired) electrons. The highest BCUT2D eigenvalue weighted by atomic mass is 19.3. The Bertz CT molecular complexity index is 1310. The molecule has 4 aromatic rings. The molecule has 0 aliphatic carbocycles. The van der Waals surface area contributed by atoms with Gasteiger partial charge in [-0.25, -0.2) is 13.2 Å². The maximum atomic E-state index is 15.2. The SMILES string of the molecule is COCc1ccc(CCc2ccc3c(F)c(CCc4cc(F)c(OC(F)F)c(F)c4)ccc3c2)cc1. The third-order valence-electron chi connectivity index (χ3n) is 6.08. The smallest absolute Gasteiger partial charge is 0.387 e. The van der Waals surface area contributed by atoms with Crippen LogP contribution in [0.4, 0.5) is 22.0 Å². The Morgan fingerprint density at radius 1 is 0.667 bits per heavy atom. The summed E-state index contributed by atoms with van der Waals surface area (Å²) < 4.78 is 76.7. The van der Waals surface area contributed by atoms with Crippen molar-refractivity contribution in [2.75, 3.05) is 7.11 Å². The molecule has 4 aromatic carbocycles. The zero-order valence-electron chi connectivity index (χ0n) is 19.7. The number of aryl methyl sites for hydroxylation is 4. The molecule has 0 spiro atoms. The second kappa shape index (κ2) is 11.5. The first kappa shape index (κ1) is 25.6. The molecular formula is C29H25F5O2. The highest BCUT2D eigenvalue weighted by Crippen LogP contribution is 2.27. The summed E-state index contributed by atoms with van der Waals surface area (Å²) in [5, 5.41) is 1.24. The van der Waals surface area contributed by atoms with Gasteiger partial charge in [-0.05, 0) is 71.0 Å². The lowest BCUT2D eigenvalue weighted by molar-refractivity contribution is -0.0546. The van der Waals surface area contributed by atoms with Crippen molar-refractivity contribution in [1.29, 1.82) is 0 Å². The molecule has 0 aliphatic heterocycles. The predicted octanol–water partition coefficient (Wildman–Crippen LogP) is 7.58. The predicted molar refractivity (Wildman–Crippen MR) is 129 cm³/mol. The molecule has 0 heterocycles. The van der Waals surface area contributed by atoms with E-state index in [0.717, 1.165) is 41.5 Å². The quantitative estimate of drug-likeness (QED) is 0.209. The lowest BCUT2D eigenvalue weighted by Crippen LogP contribution is -2.06. The summed E-state index contributed by atoms with van der Waals surface area (Å²) >= 11 is 0. The maximum absolute atomic E-state index is 15.2. The minimum atomic E-state index is -3.33. The van der Waals surface area contributed by atoms with Crippen molar-refractivity contribution in [3.05, 3.63) is 112 Å². The van der Waals surface area contributed by atoms with Crippen LogP contribution in [0.25, 0.3) is 10.8 Å². The molecule has 0 fully saturated rings. The fourth-order valence-electron chi connectivity index (χ4n) is 4.23. The standard InChI is InChI=1S/C29H25F5O2/c1-35-17-20-6-3-18(4-7-20)2-5-19-9-13-24-23(14-19)12-11-22(27(24)32)10-8-21-15-25(30)28(26(31)16-21)36-29(33)34/h3-4,6-7,9,11-16,29H,2,5,8,10,17H2,1H3. The second-order valence-electron chi connectivity index (χ2n) is 8.61. The molecule has 188 valence electrons. The van der Waals surface area contributed by atoms with Gasteiger partial charge in [0.1, 0.15) is 5.82 Å². The third-order valence-corrected chi connectivity index (χ3v) is 6.08. The first-order valence-corrected chi connectivity index (χ1v) is 11.5. The van der Waals surface area contributed by atoms with E-state index in [9.17, 15) is 17.6 Å². The Hall–Kier alpha value is -3.45. The average Bonchev–Trinajstić information content (AvgIpc) is 2.85. The molecule has 0 bridgehead atoms. The summed E-state index contributed by atoms with van der Waals surface area (Å²) in [6.07, 6.45) is 1.99. The molecule has 7 heteroatoms. The number of fused-ring (bicyclic) bond motifs is 1. The molecule has 2 nitrogen and oxygen atoms in total. The Labute approximate surface area is 206 Å². The summed E-state index contributed by atoms with van der Waals surface area (Å²) in [6, 6.07) is 19.2. The van der Waals surface area contributed by atoms with Crippen LogP contribution in [0, 0.1) is 17.5 Å². The van der Waals surface area contributed by atoms with E-state index in [1.807, 2.05) is 30.3 Å². The second-order valence-corrected chi connectivity index (χ2v) is 8.61. The summed E-state index contributed by atoms with van der Waals surface area (Å²) in [5.74, 6) is -3.94. The van der Waals surface area contributed by atoms with Crippen LogP contribution in [-0.4, -0.2) is 13.7 Å². The Morgan fingerprint density at radius 3 is 1.94 bits per heavy atom. The monoisotopic (exact) mass is 500 g/mol. The number of alkyl halides is 2. The van der Waals surface area contributed by atoms with Gasteiger partial charge in [0.15, 0.2) is 17.4 Å². The number of methoxy groups -OCH3 is 1. The van der Waals surface area contributed by atoms with Gasteiger partial charge >= 0.3 is 6.61 Å². The van der Waals surface area contributed by atoms with Crippen LogP contribution in [0.2, 0.25) is 0 Å². The topological polar surface area (TPSA) is 18.5 Å². The normalized spacial score (nSPS) is 11.4.